The minimum absolute atomic E-state index is 0.115. The van der Waals surface area contributed by atoms with E-state index in [0.717, 1.165) is 10.6 Å². The van der Waals surface area contributed by atoms with Crippen molar-refractivity contribution in [3.63, 3.8) is 0 Å². The van der Waals surface area contributed by atoms with Crippen molar-refractivity contribution >= 4 is 11.6 Å². The summed E-state index contributed by atoms with van der Waals surface area (Å²) in [6, 6.07) is 9.57. The van der Waals surface area contributed by atoms with Gasteiger partial charge in [0.2, 0.25) is 0 Å². The van der Waals surface area contributed by atoms with Gasteiger partial charge in [0.05, 0.1) is 12.1 Å². The van der Waals surface area contributed by atoms with E-state index >= 15 is 0 Å². The Morgan fingerprint density at radius 3 is 2.62 bits per heavy atom. The van der Waals surface area contributed by atoms with Crippen molar-refractivity contribution in [1.29, 1.82) is 5.26 Å². The Morgan fingerprint density at radius 2 is 2.08 bits per heavy atom. The van der Waals surface area contributed by atoms with Gasteiger partial charge in [0.25, 0.3) is 0 Å². The Morgan fingerprint density at radius 1 is 1.46 bits per heavy atom. The van der Waals surface area contributed by atoms with Gasteiger partial charge in [0.15, 0.2) is 0 Å². The average Bonchev–Trinajstić information content (AvgIpc) is 2.16. The fourth-order valence-corrected chi connectivity index (χ4v) is 1.04. The molecule has 1 aromatic rings. The number of hydrogen-bond donors (Lipinski definition) is 1. The van der Waals surface area contributed by atoms with E-state index in [1.165, 1.54) is 0 Å². The molecule has 1 N–H and O–H groups in total. The molecular weight excluding hydrogens is 184 g/mol. The van der Waals surface area contributed by atoms with Crippen molar-refractivity contribution in [2.75, 3.05) is 0 Å². The first-order valence-corrected chi connectivity index (χ1v) is 4.47. The van der Waals surface area contributed by atoms with E-state index in [1.807, 2.05) is 31.2 Å². The lowest BCUT2D eigenvalue weighted by atomic mass is 10.2. The Bertz CT molecular complexity index is 300. The van der Waals surface area contributed by atoms with Crippen LogP contribution >= 0.6 is 11.6 Å². The number of benzene rings is 1. The van der Waals surface area contributed by atoms with Crippen molar-refractivity contribution in [1.82, 2.24) is 5.32 Å². The van der Waals surface area contributed by atoms with E-state index in [4.69, 9.17) is 16.9 Å². The fraction of sp³-hybridized carbons (Fsp3) is 0.300. The van der Waals surface area contributed by atoms with Gasteiger partial charge < -0.3 is 0 Å². The van der Waals surface area contributed by atoms with Crippen LogP contribution in [0.25, 0.3) is 0 Å². The van der Waals surface area contributed by atoms with Crippen LogP contribution in [0.4, 0.5) is 0 Å². The number of nitrogens with zero attached hydrogens (tertiary/aromatic N) is 1. The van der Waals surface area contributed by atoms with Crippen LogP contribution in [-0.4, -0.2) is 6.04 Å². The van der Waals surface area contributed by atoms with Crippen molar-refractivity contribution in [2.24, 2.45) is 0 Å². The molecule has 0 fully saturated rings. The zero-order valence-electron chi connectivity index (χ0n) is 7.42. The third-order valence-corrected chi connectivity index (χ3v) is 1.97. The Hall–Kier alpha value is -1.04. The molecule has 0 aliphatic rings. The van der Waals surface area contributed by atoms with E-state index in [0.29, 0.717) is 6.54 Å². The van der Waals surface area contributed by atoms with Crippen molar-refractivity contribution in [2.45, 2.75) is 19.5 Å². The van der Waals surface area contributed by atoms with Crippen LogP contribution in [0.1, 0.15) is 12.5 Å². The van der Waals surface area contributed by atoms with Gasteiger partial charge >= 0.3 is 0 Å². The monoisotopic (exact) mass is 194 g/mol. The van der Waals surface area contributed by atoms with Crippen LogP contribution in [0.3, 0.4) is 0 Å². The maximum Gasteiger partial charge on any atom is 0.0927 e. The number of nitriles is 1. The molecular formula is C10H11ClN2. The third kappa shape index (κ3) is 3.45. The quantitative estimate of drug-likeness (QED) is 0.802. The first kappa shape index (κ1) is 10.0. The number of halogens is 1. The standard InChI is InChI=1S/C10H11ClN2/c1-8(6-12)13-7-9-2-4-10(11)5-3-9/h2-5,8,13H,7H2,1H3. The SMILES string of the molecule is CC(C#N)NCc1ccc(Cl)cc1. The molecule has 0 radical (unpaired) electrons. The molecule has 1 unspecified atom stereocenters. The highest BCUT2D eigenvalue weighted by Crippen LogP contribution is 2.09. The highest BCUT2D eigenvalue weighted by Gasteiger charge is 1.97. The Labute approximate surface area is 83.1 Å². The third-order valence-electron chi connectivity index (χ3n) is 1.72. The summed E-state index contributed by atoms with van der Waals surface area (Å²) in [6.45, 7) is 2.53. The van der Waals surface area contributed by atoms with E-state index in [2.05, 4.69) is 11.4 Å². The lowest BCUT2D eigenvalue weighted by Gasteiger charge is -2.05. The van der Waals surface area contributed by atoms with Gasteiger partial charge in [-0.25, -0.2) is 0 Å². The normalized spacial score (nSPS) is 12.1. The molecule has 0 aliphatic heterocycles. The van der Waals surface area contributed by atoms with Gasteiger partial charge in [-0.1, -0.05) is 23.7 Å². The van der Waals surface area contributed by atoms with Gasteiger partial charge in [-0.3, -0.25) is 5.32 Å². The lowest BCUT2D eigenvalue weighted by Crippen LogP contribution is -2.23. The van der Waals surface area contributed by atoms with Gasteiger partial charge in [0, 0.05) is 11.6 Å². The molecule has 0 aromatic heterocycles. The minimum atomic E-state index is -0.115. The van der Waals surface area contributed by atoms with E-state index < -0.39 is 0 Å². The summed E-state index contributed by atoms with van der Waals surface area (Å²) < 4.78 is 0. The highest BCUT2D eigenvalue weighted by molar-refractivity contribution is 6.30. The first-order valence-electron chi connectivity index (χ1n) is 4.10. The molecule has 1 aromatic carbocycles. The predicted octanol–water partition coefficient (Wildman–Crippen LogP) is 2.34. The molecule has 0 bridgehead atoms. The van der Waals surface area contributed by atoms with Gasteiger partial charge in [-0.05, 0) is 24.6 Å². The van der Waals surface area contributed by atoms with Gasteiger partial charge in [-0.15, -0.1) is 0 Å². The molecule has 0 spiro atoms. The maximum absolute atomic E-state index is 8.52. The second-order valence-electron chi connectivity index (χ2n) is 2.86. The maximum atomic E-state index is 8.52. The fourth-order valence-electron chi connectivity index (χ4n) is 0.919. The van der Waals surface area contributed by atoms with Crippen molar-refractivity contribution < 1.29 is 0 Å². The zero-order chi connectivity index (χ0) is 9.68. The highest BCUT2D eigenvalue weighted by atomic mass is 35.5. The molecule has 1 rings (SSSR count). The second kappa shape index (κ2) is 4.86. The molecule has 0 aliphatic carbocycles. The molecule has 13 heavy (non-hydrogen) atoms. The molecule has 3 heteroatoms. The smallest absolute Gasteiger partial charge is 0.0927 e. The Kier molecular flexibility index (Phi) is 3.75. The minimum Gasteiger partial charge on any atom is -0.298 e. The summed E-state index contributed by atoms with van der Waals surface area (Å²) in [5, 5.41) is 12.3. The van der Waals surface area contributed by atoms with Crippen LogP contribution in [0, 0.1) is 11.3 Å². The summed E-state index contributed by atoms with van der Waals surface area (Å²) in [4.78, 5) is 0. The topological polar surface area (TPSA) is 35.8 Å². The van der Waals surface area contributed by atoms with Crippen LogP contribution in [0.2, 0.25) is 5.02 Å². The number of nitrogens with one attached hydrogen (secondary N) is 1. The molecule has 1 atom stereocenters. The van der Waals surface area contributed by atoms with Crippen LogP contribution in [0.5, 0.6) is 0 Å². The summed E-state index contributed by atoms with van der Waals surface area (Å²) in [6.07, 6.45) is 0. The number of hydrogen-bond acceptors (Lipinski definition) is 2. The largest absolute Gasteiger partial charge is 0.298 e. The summed E-state index contributed by atoms with van der Waals surface area (Å²) in [5.74, 6) is 0. The zero-order valence-corrected chi connectivity index (χ0v) is 8.17. The van der Waals surface area contributed by atoms with Gasteiger partial charge in [-0.2, -0.15) is 5.26 Å². The van der Waals surface area contributed by atoms with Crippen molar-refractivity contribution in [3.8, 4) is 6.07 Å². The van der Waals surface area contributed by atoms with Crippen LogP contribution in [0.15, 0.2) is 24.3 Å². The Balaban J connectivity index is 2.47. The second-order valence-corrected chi connectivity index (χ2v) is 3.29. The molecule has 0 saturated carbocycles. The summed E-state index contributed by atoms with van der Waals surface area (Å²) in [5.41, 5.74) is 1.13. The average molecular weight is 195 g/mol. The molecule has 0 amide bonds. The summed E-state index contributed by atoms with van der Waals surface area (Å²) >= 11 is 5.73. The first-order chi connectivity index (χ1) is 6.22. The molecule has 0 saturated heterocycles. The summed E-state index contributed by atoms with van der Waals surface area (Å²) in [7, 11) is 0. The van der Waals surface area contributed by atoms with Crippen LogP contribution in [-0.2, 0) is 6.54 Å². The van der Waals surface area contributed by atoms with E-state index in [9.17, 15) is 0 Å². The van der Waals surface area contributed by atoms with Gasteiger partial charge in [0.1, 0.15) is 0 Å². The number of rotatable bonds is 3. The van der Waals surface area contributed by atoms with Crippen molar-refractivity contribution in [3.05, 3.63) is 34.9 Å². The van der Waals surface area contributed by atoms with E-state index in [-0.39, 0.29) is 6.04 Å². The molecule has 0 heterocycles. The predicted molar refractivity (Wildman–Crippen MR) is 53.4 cm³/mol. The molecule has 68 valence electrons. The van der Waals surface area contributed by atoms with E-state index in [1.54, 1.807) is 0 Å². The van der Waals surface area contributed by atoms with Crippen LogP contribution < -0.4 is 5.32 Å². The lowest BCUT2D eigenvalue weighted by molar-refractivity contribution is 0.642. The molecule has 2 nitrogen and oxygen atoms in total.